The summed E-state index contributed by atoms with van der Waals surface area (Å²) in [6, 6.07) is 4.11. The average Bonchev–Trinajstić information content (AvgIpc) is 2.91. The van der Waals surface area contributed by atoms with E-state index in [0.717, 1.165) is 30.3 Å². The summed E-state index contributed by atoms with van der Waals surface area (Å²) in [7, 11) is 0. The summed E-state index contributed by atoms with van der Waals surface area (Å²) in [6.07, 6.45) is 8.75. The summed E-state index contributed by atoms with van der Waals surface area (Å²) in [4.78, 5) is 15.7. The number of hydrogen-bond donors (Lipinski definition) is 3. The number of amides is 1. The van der Waals surface area contributed by atoms with Gasteiger partial charge in [-0.15, -0.1) is 17.0 Å². The lowest BCUT2D eigenvalue weighted by Gasteiger charge is -2.58. The van der Waals surface area contributed by atoms with Gasteiger partial charge in [0.1, 0.15) is 0 Å². The zero-order valence-corrected chi connectivity index (χ0v) is 15.6. The topological polar surface area (TPSA) is 93.2 Å². The van der Waals surface area contributed by atoms with Crippen LogP contribution >= 0.6 is 17.0 Å². The number of aromatic nitrogens is 2. The molecule has 1 amide bonds. The van der Waals surface area contributed by atoms with E-state index in [-0.39, 0.29) is 17.0 Å². The van der Waals surface area contributed by atoms with E-state index in [4.69, 9.17) is 5.73 Å². The van der Waals surface area contributed by atoms with Crippen molar-refractivity contribution in [3.8, 4) is 0 Å². The highest BCUT2D eigenvalue weighted by Crippen LogP contribution is 2.55. The predicted octanol–water partition coefficient (Wildman–Crippen LogP) is 2.20. The zero-order valence-electron chi connectivity index (χ0n) is 13.9. The van der Waals surface area contributed by atoms with E-state index >= 15 is 0 Å². The molecule has 0 aliphatic heterocycles. The molecule has 2 aromatic heterocycles. The van der Waals surface area contributed by atoms with Crippen molar-refractivity contribution in [2.75, 3.05) is 5.43 Å². The number of primary amides is 1. The maximum absolute atomic E-state index is 11.3. The standard InChI is InChI=1S/C18H22N4O2.BrH/c19-16(23)14-5-11-1-2-22(17(11)20-9-14)21-15-12-3-10-4-13(15)8-18(24,6-10)7-12;/h1-2,5,9-10,12-13,15,21,24H,3-4,6-8H2,(H2,19,23);1H/t10-,12-,13+,15-,18-;. The van der Waals surface area contributed by atoms with Crippen molar-refractivity contribution in [2.24, 2.45) is 23.5 Å². The minimum atomic E-state index is -0.459. The van der Waals surface area contributed by atoms with Gasteiger partial charge in [-0.25, -0.2) is 9.66 Å². The first kappa shape index (κ1) is 16.8. The van der Waals surface area contributed by atoms with Crippen LogP contribution < -0.4 is 11.2 Å². The Kier molecular flexibility index (Phi) is 3.85. The normalized spacial score (nSPS) is 35.6. The molecule has 0 saturated heterocycles. The van der Waals surface area contributed by atoms with Crippen LogP contribution in [0.25, 0.3) is 11.0 Å². The predicted molar refractivity (Wildman–Crippen MR) is 100 cm³/mol. The fourth-order valence-corrected chi connectivity index (χ4v) is 5.62. The second-order valence-electron chi connectivity index (χ2n) is 8.04. The molecule has 2 aromatic rings. The van der Waals surface area contributed by atoms with Gasteiger partial charge in [0, 0.05) is 23.8 Å². The molecule has 2 heterocycles. The zero-order chi connectivity index (χ0) is 16.5. The molecule has 5 atom stereocenters. The summed E-state index contributed by atoms with van der Waals surface area (Å²) in [5.74, 6) is 1.30. The first-order valence-electron chi connectivity index (χ1n) is 8.77. The van der Waals surface area contributed by atoms with E-state index in [9.17, 15) is 9.90 Å². The van der Waals surface area contributed by atoms with Gasteiger partial charge in [0.15, 0.2) is 5.65 Å². The molecule has 25 heavy (non-hydrogen) atoms. The first-order chi connectivity index (χ1) is 11.5. The highest BCUT2D eigenvalue weighted by atomic mass is 79.9. The Bertz CT molecular complexity index is 820. The first-order valence-corrected chi connectivity index (χ1v) is 8.77. The Balaban J connectivity index is 0.00000157. The molecule has 4 N–H and O–H groups in total. The fourth-order valence-electron chi connectivity index (χ4n) is 5.62. The Morgan fingerprint density at radius 3 is 2.68 bits per heavy atom. The number of carbonyl (C=O) groups excluding carboxylic acids is 1. The van der Waals surface area contributed by atoms with E-state index in [1.165, 1.54) is 19.0 Å². The highest BCUT2D eigenvalue weighted by molar-refractivity contribution is 8.93. The van der Waals surface area contributed by atoms with Crippen LogP contribution in [0.15, 0.2) is 24.5 Å². The van der Waals surface area contributed by atoms with Crippen molar-refractivity contribution in [3.63, 3.8) is 0 Å². The molecule has 6 rings (SSSR count). The van der Waals surface area contributed by atoms with Gasteiger partial charge in [-0.2, -0.15) is 0 Å². The quantitative estimate of drug-likeness (QED) is 0.727. The van der Waals surface area contributed by atoms with Crippen molar-refractivity contribution >= 4 is 33.9 Å². The van der Waals surface area contributed by atoms with Crippen LogP contribution in [0.4, 0.5) is 0 Å². The third-order valence-electron chi connectivity index (χ3n) is 6.34. The van der Waals surface area contributed by atoms with Crippen LogP contribution in [0.3, 0.4) is 0 Å². The Labute approximate surface area is 156 Å². The van der Waals surface area contributed by atoms with Gasteiger partial charge in [0.05, 0.1) is 11.2 Å². The smallest absolute Gasteiger partial charge is 0.250 e. The van der Waals surface area contributed by atoms with Crippen molar-refractivity contribution in [3.05, 3.63) is 30.1 Å². The molecule has 134 valence electrons. The largest absolute Gasteiger partial charge is 0.390 e. The van der Waals surface area contributed by atoms with Gasteiger partial charge >= 0.3 is 0 Å². The van der Waals surface area contributed by atoms with E-state index in [0.29, 0.717) is 29.4 Å². The number of aliphatic hydroxyl groups is 1. The van der Waals surface area contributed by atoms with Crippen molar-refractivity contribution in [1.82, 2.24) is 9.66 Å². The SMILES string of the molecule is Br.NC(=O)c1cnc2c(ccn2N[C@@H]2[C@@H]3C[C@@H]4C[C@H]2C[C@@](O)(C4)C3)c1. The molecule has 4 fully saturated rings. The van der Waals surface area contributed by atoms with Gasteiger partial charge in [0.25, 0.3) is 0 Å². The summed E-state index contributed by atoms with van der Waals surface area (Å²) >= 11 is 0. The molecule has 0 radical (unpaired) electrons. The van der Waals surface area contributed by atoms with Crippen LogP contribution in [0, 0.1) is 17.8 Å². The number of nitrogens with zero attached hydrogens (tertiary/aromatic N) is 2. The molecule has 7 heteroatoms. The van der Waals surface area contributed by atoms with E-state index < -0.39 is 11.5 Å². The number of nitrogens with one attached hydrogen (secondary N) is 1. The molecule has 0 spiro atoms. The molecule has 4 aliphatic rings. The van der Waals surface area contributed by atoms with Gasteiger partial charge in [-0.1, -0.05) is 0 Å². The lowest BCUT2D eigenvalue weighted by molar-refractivity contribution is -0.131. The van der Waals surface area contributed by atoms with Gasteiger partial charge < -0.3 is 16.3 Å². The second-order valence-corrected chi connectivity index (χ2v) is 8.04. The minimum absolute atomic E-state index is 0. The number of hydrogen-bond acceptors (Lipinski definition) is 4. The second kappa shape index (κ2) is 5.71. The molecule has 4 bridgehead atoms. The molecule has 6 nitrogen and oxygen atoms in total. The van der Waals surface area contributed by atoms with Crippen molar-refractivity contribution in [2.45, 2.75) is 43.7 Å². The summed E-state index contributed by atoms with van der Waals surface area (Å²) in [6.45, 7) is 0. The van der Waals surface area contributed by atoms with E-state index in [1.54, 1.807) is 6.07 Å². The number of rotatable bonds is 3. The van der Waals surface area contributed by atoms with Crippen molar-refractivity contribution < 1.29 is 9.90 Å². The summed E-state index contributed by atoms with van der Waals surface area (Å²) in [5.41, 5.74) is 9.79. The van der Waals surface area contributed by atoms with Gasteiger partial charge in [-0.05, 0) is 62.0 Å². The van der Waals surface area contributed by atoms with Crippen LogP contribution in [0.1, 0.15) is 42.5 Å². The van der Waals surface area contributed by atoms with Gasteiger partial charge in [0.2, 0.25) is 5.91 Å². The molecular weight excluding hydrogens is 384 g/mol. The van der Waals surface area contributed by atoms with Gasteiger partial charge in [-0.3, -0.25) is 4.79 Å². The summed E-state index contributed by atoms with van der Waals surface area (Å²) in [5, 5.41) is 11.6. The fraction of sp³-hybridized carbons (Fsp3) is 0.556. The monoisotopic (exact) mass is 406 g/mol. The summed E-state index contributed by atoms with van der Waals surface area (Å²) < 4.78 is 1.97. The van der Waals surface area contributed by atoms with Crippen LogP contribution in [0.2, 0.25) is 0 Å². The molecular formula is C18H23BrN4O2. The Hall–Kier alpha value is -1.60. The third kappa shape index (κ3) is 2.64. The van der Waals surface area contributed by atoms with E-state index in [2.05, 4.69) is 10.4 Å². The lowest BCUT2D eigenvalue weighted by atomic mass is 9.52. The van der Waals surface area contributed by atoms with Crippen molar-refractivity contribution in [1.29, 1.82) is 0 Å². The van der Waals surface area contributed by atoms with Crippen LogP contribution in [-0.2, 0) is 0 Å². The average molecular weight is 407 g/mol. The number of pyridine rings is 1. The minimum Gasteiger partial charge on any atom is -0.390 e. The molecule has 0 aromatic carbocycles. The maximum atomic E-state index is 11.3. The highest BCUT2D eigenvalue weighted by Gasteiger charge is 2.54. The third-order valence-corrected chi connectivity index (χ3v) is 6.34. The number of nitrogens with two attached hydrogens (primary N) is 1. The lowest BCUT2D eigenvalue weighted by Crippen LogP contribution is -2.60. The Morgan fingerprint density at radius 2 is 2.04 bits per heavy atom. The maximum Gasteiger partial charge on any atom is 0.250 e. The molecule has 0 unspecified atom stereocenters. The molecule has 4 saturated carbocycles. The van der Waals surface area contributed by atoms with E-state index in [1.807, 2.05) is 16.9 Å². The number of carbonyl (C=O) groups is 1. The van der Waals surface area contributed by atoms with Crippen LogP contribution in [0.5, 0.6) is 0 Å². The number of fused-ring (bicyclic) bond motifs is 1. The number of halogens is 1. The molecule has 4 aliphatic carbocycles. The Morgan fingerprint density at radius 1 is 1.32 bits per heavy atom. The van der Waals surface area contributed by atoms with Crippen LogP contribution in [-0.4, -0.2) is 32.3 Å².